The number of hydrogen-bond donors (Lipinski definition) is 3. The van der Waals surface area contributed by atoms with Crippen LogP contribution in [0.3, 0.4) is 0 Å². The van der Waals surface area contributed by atoms with Gasteiger partial charge in [-0.25, -0.2) is 0 Å². The first-order valence-corrected chi connectivity index (χ1v) is 12.9. The number of aliphatic hydroxyl groups excluding tert-OH is 3. The van der Waals surface area contributed by atoms with Gasteiger partial charge in [0, 0.05) is 6.61 Å². The average molecular weight is 431 g/mol. The zero-order chi connectivity index (χ0) is 21.9. The molecule has 3 N–H and O–H groups in total. The number of hydrogen-bond acceptors (Lipinski definition) is 5. The largest absolute Gasteiger partial charge is 0.388 e. The van der Waals surface area contributed by atoms with Gasteiger partial charge >= 0.3 is 0 Å². The molecule has 1 aliphatic heterocycles. The summed E-state index contributed by atoms with van der Waals surface area (Å²) in [6.45, 7) is 3.25. The molecule has 0 aromatic rings. The van der Waals surface area contributed by atoms with Gasteiger partial charge in [0.05, 0.1) is 13.2 Å². The van der Waals surface area contributed by atoms with Crippen molar-refractivity contribution < 1.29 is 24.8 Å². The molecule has 1 fully saturated rings. The first kappa shape index (κ1) is 27.8. The van der Waals surface area contributed by atoms with Gasteiger partial charge in [0.15, 0.2) is 0 Å². The van der Waals surface area contributed by atoms with Crippen LogP contribution >= 0.6 is 0 Å². The summed E-state index contributed by atoms with van der Waals surface area (Å²) in [6.07, 6.45) is 19.3. The van der Waals surface area contributed by atoms with Crippen molar-refractivity contribution in [3.63, 3.8) is 0 Å². The van der Waals surface area contributed by atoms with Crippen molar-refractivity contribution in [1.29, 1.82) is 0 Å². The summed E-state index contributed by atoms with van der Waals surface area (Å²) in [4.78, 5) is 0. The number of rotatable bonds is 20. The Labute approximate surface area is 185 Å². The van der Waals surface area contributed by atoms with Crippen LogP contribution < -0.4 is 0 Å². The molecule has 0 spiro atoms. The molecule has 180 valence electrons. The van der Waals surface area contributed by atoms with Gasteiger partial charge < -0.3 is 24.8 Å². The van der Waals surface area contributed by atoms with E-state index in [4.69, 9.17) is 9.47 Å². The number of ether oxygens (including phenoxy) is 2. The Morgan fingerprint density at radius 3 is 1.53 bits per heavy atom. The smallest absolute Gasteiger partial charge is 0.111 e. The highest BCUT2D eigenvalue weighted by molar-refractivity contribution is 4.86. The fourth-order valence-corrected chi connectivity index (χ4v) is 4.14. The van der Waals surface area contributed by atoms with Crippen molar-refractivity contribution in [3.8, 4) is 0 Å². The van der Waals surface area contributed by atoms with Gasteiger partial charge in [-0.15, -0.1) is 0 Å². The quantitative estimate of drug-likeness (QED) is 0.233. The molecule has 1 saturated heterocycles. The summed E-state index contributed by atoms with van der Waals surface area (Å²) in [5.41, 5.74) is 0. The zero-order valence-electron chi connectivity index (χ0n) is 19.6. The van der Waals surface area contributed by atoms with Gasteiger partial charge in [0.25, 0.3) is 0 Å². The summed E-state index contributed by atoms with van der Waals surface area (Å²) >= 11 is 0. The predicted octanol–water partition coefficient (Wildman–Crippen LogP) is 5.14. The molecular weight excluding hydrogens is 380 g/mol. The summed E-state index contributed by atoms with van der Waals surface area (Å²) in [5, 5.41) is 28.9. The molecule has 1 rings (SSSR count). The van der Waals surface area contributed by atoms with Gasteiger partial charge in [-0.05, 0) is 6.42 Å². The molecule has 4 atom stereocenters. The monoisotopic (exact) mass is 430 g/mol. The van der Waals surface area contributed by atoms with E-state index in [-0.39, 0.29) is 13.2 Å². The van der Waals surface area contributed by atoms with Gasteiger partial charge in [-0.1, -0.05) is 110 Å². The molecule has 0 bridgehead atoms. The van der Waals surface area contributed by atoms with E-state index < -0.39 is 24.4 Å². The normalized spacial score (nSPS) is 24.4. The van der Waals surface area contributed by atoms with Crippen LogP contribution in [-0.4, -0.2) is 59.6 Å². The highest BCUT2D eigenvalue weighted by atomic mass is 16.6. The van der Waals surface area contributed by atoms with Crippen molar-refractivity contribution in [2.75, 3.05) is 19.8 Å². The Balaban J connectivity index is 1.74. The molecule has 5 nitrogen and oxygen atoms in total. The van der Waals surface area contributed by atoms with E-state index in [0.29, 0.717) is 6.61 Å². The van der Waals surface area contributed by atoms with Crippen molar-refractivity contribution >= 4 is 0 Å². The first-order valence-electron chi connectivity index (χ1n) is 12.9. The van der Waals surface area contributed by atoms with Gasteiger partial charge in [0.1, 0.15) is 24.4 Å². The Morgan fingerprint density at radius 2 is 1.07 bits per heavy atom. The van der Waals surface area contributed by atoms with E-state index in [9.17, 15) is 15.3 Å². The van der Waals surface area contributed by atoms with Crippen LogP contribution in [-0.2, 0) is 9.47 Å². The SMILES string of the molecule is CCCCCCCCCCCCCCCCCCCOC[C@H]1OC[C@H](O)[C@@H](O)[C@@H]1O. The molecule has 0 saturated carbocycles. The van der Waals surface area contributed by atoms with Crippen LogP contribution in [0.2, 0.25) is 0 Å². The van der Waals surface area contributed by atoms with Gasteiger partial charge in [0.2, 0.25) is 0 Å². The summed E-state index contributed by atoms with van der Waals surface area (Å²) < 4.78 is 10.9. The molecule has 30 heavy (non-hydrogen) atoms. The molecule has 0 aliphatic carbocycles. The van der Waals surface area contributed by atoms with E-state index in [0.717, 1.165) is 6.42 Å². The lowest BCUT2D eigenvalue weighted by Gasteiger charge is -2.35. The van der Waals surface area contributed by atoms with Crippen LogP contribution in [0.5, 0.6) is 0 Å². The third-order valence-corrected chi connectivity index (χ3v) is 6.28. The third kappa shape index (κ3) is 14.0. The van der Waals surface area contributed by atoms with Crippen molar-refractivity contribution in [2.24, 2.45) is 0 Å². The molecule has 1 heterocycles. The first-order chi connectivity index (χ1) is 14.7. The Bertz CT molecular complexity index is 365. The molecule has 1 aliphatic rings. The van der Waals surface area contributed by atoms with E-state index in [1.165, 1.54) is 103 Å². The minimum atomic E-state index is -1.15. The maximum atomic E-state index is 9.84. The molecule has 0 radical (unpaired) electrons. The van der Waals surface area contributed by atoms with Crippen LogP contribution in [0.25, 0.3) is 0 Å². The minimum Gasteiger partial charge on any atom is -0.388 e. The minimum absolute atomic E-state index is 0.0470. The fraction of sp³-hybridized carbons (Fsp3) is 1.00. The lowest BCUT2D eigenvalue weighted by molar-refractivity contribution is -0.199. The number of unbranched alkanes of at least 4 members (excludes halogenated alkanes) is 16. The van der Waals surface area contributed by atoms with Crippen molar-refractivity contribution in [3.05, 3.63) is 0 Å². The Hall–Kier alpha value is -0.200. The second-order valence-electron chi connectivity index (χ2n) is 9.15. The second-order valence-corrected chi connectivity index (χ2v) is 9.15. The second kappa shape index (κ2) is 19.5. The van der Waals surface area contributed by atoms with E-state index >= 15 is 0 Å². The van der Waals surface area contributed by atoms with Crippen molar-refractivity contribution in [2.45, 2.75) is 140 Å². The molecule has 0 amide bonds. The molecule has 5 heteroatoms. The molecular formula is C25H50O5. The van der Waals surface area contributed by atoms with Crippen LogP contribution in [0.1, 0.15) is 116 Å². The van der Waals surface area contributed by atoms with Crippen LogP contribution in [0.4, 0.5) is 0 Å². The van der Waals surface area contributed by atoms with E-state index in [2.05, 4.69) is 6.92 Å². The summed E-state index contributed by atoms with van der Waals surface area (Å²) in [7, 11) is 0. The standard InChI is InChI=1S/C25H50O5/c1-2-3-4-5-6-7-8-9-10-11-12-13-14-15-16-17-18-19-29-21-23-25(28)24(27)22(26)20-30-23/h22-28H,2-21H2,1H3/t22-,23+,24+,25+/m0/s1. The van der Waals surface area contributed by atoms with Crippen molar-refractivity contribution in [1.82, 2.24) is 0 Å². The molecule has 0 unspecified atom stereocenters. The molecule has 0 aromatic carbocycles. The zero-order valence-corrected chi connectivity index (χ0v) is 19.6. The average Bonchev–Trinajstić information content (AvgIpc) is 2.75. The predicted molar refractivity (Wildman–Crippen MR) is 123 cm³/mol. The van der Waals surface area contributed by atoms with Crippen LogP contribution in [0, 0.1) is 0 Å². The highest BCUT2D eigenvalue weighted by Crippen LogP contribution is 2.16. The number of aliphatic hydroxyl groups is 3. The fourth-order valence-electron chi connectivity index (χ4n) is 4.14. The topological polar surface area (TPSA) is 79.2 Å². The maximum Gasteiger partial charge on any atom is 0.111 e. The summed E-state index contributed by atoms with van der Waals surface area (Å²) in [5.74, 6) is 0. The van der Waals surface area contributed by atoms with Gasteiger partial charge in [-0.2, -0.15) is 0 Å². The van der Waals surface area contributed by atoms with E-state index in [1.807, 2.05) is 0 Å². The Morgan fingerprint density at radius 1 is 0.633 bits per heavy atom. The summed E-state index contributed by atoms with van der Waals surface area (Å²) in [6, 6.07) is 0. The van der Waals surface area contributed by atoms with Gasteiger partial charge in [-0.3, -0.25) is 0 Å². The lowest BCUT2D eigenvalue weighted by atomic mass is 10.0. The van der Waals surface area contributed by atoms with E-state index in [1.54, 1.807) is 0 Å². The molecule has 0 aromatic heterocycles. The highest BCUT2D eigenvalue weighted by Gasteiger charge is 2.37. The Kier molecular flexibility index (Phi) is 18.1. The maximum absolute atomic E-state index is 9.84. The van der Waals surface area contributed by atoms with Crippen LogP contribution in [0.15, 0.2) is 0 Å². The lowest BCUT2D eigenvalue weighted by Crippen LogP contribution is -2.54. The third-order valence-electron chi connectivity index (χ3n) is 6.28.